The number of aliphatic hydroxyl groups excluding tert-OH is 1. The van der Waals surface area contributed by atoms with E-state index in [9.17, 15) is 5.11 Å². The van der Waals surface area contributed by atoms with Gasteiger partial charge in [-0.25, -0.2) is 8.78 Å². The van der Waals surface area contributed by atoms with Gasteiger partial charge in [0.1, 0.15) is 18.5 Å². The van der Waals surface area contributed by atoms with Gasteiger partial charge in [0.25, 0.3) is 0 Å². The molecular weight excluding hydrogens is 566 g/mol. The highest BCUT2D eigenvalue weighted by atomic mass is 19.2. The summed E-state index contributed by atoms with van der Waals surface area (Å²) in [5.41, 5.74) is 3.80. The highest BCUT2D eigenvalue weighted by molar-refractivity contribution is 6.09. The van der Waals surface area contributed by atoms with Crippen LogP contribution in [0.15, 0.2) is 97.1 Å². The lowest BCUT2D eigenvalue weighted by Crippen LogP contribution is -2.50. The zero-order valence-electron chi connectivity index (χ0n) is 25.3. The molecule has 45 heavy (non-hydrogen) atoms. The molecule has 0 aromatic heterocycles. The number of fused-ring (bicyclic) bond motifs is 5. The summed E-state index contributed by atoms with van der Waals surface area (Å²) >= 11 is 0. The van der Waals surface area contributed by atoms with Gasteiger partial charge in [-0.3, -0.25) is 9.80 Å². The van der Waals surface area contributed by atoms with Gasteiger partial charge in [-0.2, -0.15) is 0 Å². The smallest absolute Gasteiger partial charge is 0.161 e. The van der Waals surface area contributed by atoms with Crippen LogP contribution in [-0.4, -0.2) is 60.3 Å². The van der Waals surface area contributed by atoms with Crippen LogP contribution in [0.4, 0.5) is 8.78 Å². The molecule has 4 nitrogen and oxygen atoms in total. The summed E-state index contributed by atoms with van der Waals surface area (Å²) in [7, 11) is 0. The summed E-state index contributed by atoms with van der Waals surface area (Å²) < 4.78 is 38.0. The molecule has 3 unspecified atom stereocenters. The zero-order chi connectivity index (χ0) is 30.5. The van der Waals surface area contributed by atoms with Crippen LogP contribution in [-0.2, 0) is 0 Å². The van der Waals surface area contributed by atoms with Crippen LogP contribution >= 0.6 is 0 Å². The van der Waals surface area contributed by atoms with Gasteiger partial charge in [0.15, 0.2) is 12.3 Å². The van der Waals surface area contributed by atoms with Crippen molar-refractivity contribution in [2.45, 2.75) is 43.2 Å². The van der Waals surface area contributed by atoms with Gasteiger partial charge in [0, 0.05) is 38.1 Å². The number of rotatable bonds is 7. The minimum absolute atomic E-state index is 0.202. The number of piperazine rings is 1. The molecule has 6 heteroatoms. The second kappa shape index (κ2) is 11.8. The number of hydrogen-bond acceptors (Lipinski definition) is 4. The predicted molar refractivity (Wildman–Crippen MR) is 175 cm³/mol. The molecule has 2 fully saturated rings. The van der Waals surface area contributed by atoms with Gasteiger partial charge >= 0.3 is 0 Å². The molecule has 1 N–H and O–H groups in total. The van der Waals surface area contributed by atoms with E-state index in [0.717, 1.165) is 72.2 Å². The number of nitrogens with zero attached hydrogens (tertiary/aromatic N) is 2. The summed E-state index contributed by atoms with van der Waals surface area (Å²) in [6.45, 7) is 3.70. The summed E-state index contributed by atoms with van der Waals surface area (Å²) in [5, 5.41) is 15.6. The summed E-state index contributed by atoms with van der Waals surface area (Å²) in [5.74, 6) is 1.11. The lowest BCUT2D eigenvalue weighted by molar-refractivity contribution is 0.0403. The number of benzene rings is 5. The third-order valence-electron chi connectivity index (χ3n) is 10.0. The topological polar surface area (TPSA) is 35.9 Å². The van der Waals surface area contributed by atoms with Crippen molar-refractivity contribution in [1.29, 1.82) is 0 Å². The van der Waals surface area contributed by atoms with Crippen molar-refractivity contribution in [3.63, 3.8) is 0 Å². The largest absolute Gasteiger partial charge is 0.490 e. The van der Waals surface area contributed by atoms with Crippen molar-refractivity contribution < 1.29 is 18.6 Å². The zero-order valence-corrected chi connectivity index (χ0v) is 25.3. The molecule has 1 heterocycles. The van der Waals surface area contributed by atoms with E-state index in [4.69, 9.17) is 4.74 Å². The molecule has 5 aromatic carbocycles. The standard InChI is InChI=1S/C39H38F2N2O2/c40-37-32-9-3-4-10-33(32)39(34-13-5-11-29(26-15-16-26)36(34)38(37)41)43-21-19-42(20-22-43)23-27(44)24-45-35-14-6-12-30-28-8-2-1-7-25(28)17-18-31(30)35/h1-14,17-18,26-27,37-39,44H,15-16,19-24H2/t27-,37?,38?,39?/m1/s1. The first-order valence-electron chi connectivity index (χ1n) is 16.2. The normalized spacial score (nSPS) is 23.0. The van der Waals surface area contributed by atoms with Gasteiger partial charge in [-0.1, -0.05) is 91.0 Å². The molecule has 0 amide bonds. The first-order chi connectivity index (χ1) is 22.1. The van der Waals surface area contributed by atoms with E-state index in [1.165, 1.54) is 10.8 Å². The van der Waals surface area contributed by atoms with E-state index in [-0.39, 0.29) is 12.6 Å². The van der Waals surface area contributed by atoms with Gasteiger partial charge < -0.3 is 9.84 Å². The Balaban J connectivity index is 0.970. The predicted octanol–water partition coefficient (Wildman–Crippen LogP) is 8.05. The van der Waals surface area contributed by atoms with Crippen LogP contribution in [0, 0.1) is 0 Å². The van der Waals surface area contributed by atoms with Crippen LogP contribution in [0.2, 0.25) is 0 Å². The summed E-state index contributed by atoms with van der Waals surface area (Å²) in [6, 6.07) is 31.9. The summed E-state index contributed by atoms with van der Waals surface area (Å²) in [4.78, 5) is 4.64. The fraction of sp³-hybridized carbons (Fsp3) is 0.333. The first kappa shape index (κ1) is 28.6. The number of alkyl halides is 2. The molecule has 8 rings (SSSR count). The van der Waals surface area contributed by atoms with E-state index in [1.54, 1.807) is 6.07 Å². The number of β-amino-alcohol motifs (C(OH)–C–C–N with tert-alkyl or cyclic N) is 1. The minimum Gasteiger partial charge on any atom is -0.490 e. The lowest BCUT2D eigenvalue weighted by atomic mass is 9.89. The van der Waals surface area contributed by atoms with E-state index >= 15 is 8.78 Å². The third-order valence-corrected chi connectivity index (χ3v) is 10.0. The second-order valence-electron chi connectivity index (χ2n) is 12.9. The van der Waals surface area contributed by atoms with E-state index in [2.05, 4.69) is 40.1 Å². The molecule has 5 aromatic rings. The molecular formula is C39H38F2N2O2. The van der Waals surface area contributed by atoms with Crippen molar-refractivity contribution in [1.82, 2.24) is 9.80 Å². The maximum Gasteiger partial charge on any atom is 0.161 e. The molecule has 4 atom stereocenters. The number of ether oxygens (including phenoxy) is 1. The SMILES string of the molecule is O[C@@H](COc1cccc2c1ccc1ccccc12)CN1CCN(C2c3ccccc3C(F)C(F)c3c(C4CC4)cccc32)CC1. The Morgan fingerprint density at radius 2 is 1.36 bits per heavy atom. The van der Waals surface area contributed by atoms with Gasteiger partial charge in [-0.15, -0.1) is 0 Å². The third kappa shape index (κ3) is 5.29. The van der Waals surface area contributed by atoms with E-state index in [0.29, 0.717) is 23.6 Å². The second-order valence-corrected chi connectivity index (χ2v) is 12.9. The Morgan fingerprint density at radius 1 is 0.667 bits per heavy atom. The van der Waals surface area contributed by atoms with E-state index in [1.807, 2.05) is 60.7 Å². The van der Waals surface area contributed by atoms with Crippen LogP contribution in [0.3, 0.4) is 0 Å². The molecule has 0 bridgehead atoms. The molecule has 1 aliphatic heterocycles. The van der Waals surface area contributed by atoms with Crippen LogP contribution in [0.1, 0.15) is 65.0 Å². The molecule has 1 saturated heterocycles. The average molecular weight is 605 g/mol. The van der Waals surface area contributed by atoms with Crippen LogP contribution < -0.4 is 4.74 Å². The Kier molecular flexibility index (Phi) is 7.52. The van der Waals surface area contributed by atoms with Crippen molar-refractivity contribution in [3.05, 3.63) is 125 Å². The Hall–Kier alpha value is -3.84. The van der Waals surface area contributed by atoms with Gasteiger partial charge in [0.2, 0.25) is 0 Å². The first-order valence-corrected chi connectivity index (χ1v) is 16.2. The molecule has 0 radical (unpaired) electrons. The molecule has 0 spiro atoms. The Morgan fingerprint density at radius 3 is 2.18 bits per heavy atom. The van der Waals surface area contributed by atoms with Crippen LogP contribution in [0.25, 0.3) is 21.5 Å². The molecule has 1 saturated carbocycles. The maximum atomic E-state index is 16.0. The van der Waals surface area contributed by atoms with Crippen LogP contribution in [0.5, 0.6) is 5.75 Å². The molecule has 3 aliphatic rings. The number of aliphatic hydroxyl groups is 1. The Labute approximate surface area is 262 Å². The quantitative estimate of drug-likeness (QED) is 0.191. The van der Waals surface area contributed by atoms with Gasteiger partial charge in [0.05, 0.1) is 6.04 Å². The fourth-order valence-electron chi connectivity index (χ4n) is 7.66. The fourth-order valence-corrected chi connectivity index (χ4v) is 7.66. The average Bonchev–Trinajstić information content (AvgIpc) is 3.94. The lowest BCUT2D eigenvalue weighted by Gasteiger charge is -2.40. The molecule has 230 valence electrons. The molecule has 2 aliphatic carbocycles. The van der Waals surface area contributed by atoms with Crippen molar-refractivity contribution >= 4 is 21.5 Å². The highest BCUT2D eigenvalue weighted by Crippen LogP contribution is 2.53. The highest BCUT2D eigenvalue weighted by Gasteiger charge is 2.42. The van der Waals surface area contributed by atoms with Crippen molar-refractivity contribution in [2.75, 3.05) is 39.3 Å². The maximum absolute atomic E-state index is 16.0. The number of halogens is 2. The van der Waals surface area contributed by atoms with Crippen molar-refractivity contribution in [2.24, 2.45) is 0 Å². The monoisotopic (exact) mass is 604 g/mol. The van der Waals surface area contributed by atoms with Crippen molar-refractivity contribution in [3.8, 4) is 5.75 Å². The van der Waals surface area contributed by atoms with Gasteiger partial charge in [-0.05, 0) is 68.8 Å². The Bertz CT molecular complexity index is 1850. The van der Waals surface area contributed by atoms with E-state index < -0.39 is 18.4 Å². The summed E-state index contributed by atoms with van der Waals surface area (Å²) in [6.07, 6.45) is -1.91. The minimum atomic E-state index is -1.68. The number of hydrogen-bond donors (Lipinski definition) is 1.